The fraction of sp³-hybridized carbons (Fsp3) is 0.579. The first-order valence-corrected chi connectivity index (χ1v) is 8.27. The minimum Gasteiger partial charge on any atom is -0.465 e. The number of carbonyl (C=O) groups excluding carboxylic acids is 2. The van der Waals surface area contributed by atoms with Gasteiger partial charge < -0.3 is 10.1 Å². The van der Waals surface area contributed by atoms with Crippen molar-refractivity contribution in [3.8, 4) is 0 Å². The molecule has 0 bridgehead atoms. The monoisotopic (exact) mass is 317 g/mol. The molecule has 1 aliphatic rings. The van der Waals surface area contributed by atoms with Crippen LogP contribution in [0, 0.1) is 5.41 Å². The molecule has 0 aliphatic carbocycles. The van der Waals surface area contributed by atoms with Crippen LogP contribution in [0.1, 0.15) is 61.9 Å². The Balaban J connectivity index is 1.97. The smallest absolute Gasteiger partial charge is 0.337 e. The van der Waals surface area contributed by atoms with Crippen molar-refractivity contribution in [1.29, 1.82) is 0 Å². The van der Waals surface area contributed by atoms with E-state index in [1.54, 1.807) is 12.1 Å². The van der Waals surface area contributed by atoms with Crippen LogP contribution in [0.2, 0.25) is 0 Å². The second kappa shape index (κ2) is 7.26. The maximum Gasteiger partial charge on any atom is 0.337 e. The van der Waals surface area contributed by atoms with Gasteiger partial charge in [0.15, 0.2) is 0 Å². The molecule has 1 N–H and O–H groups in total. The van der Waals surface area contributed by atoms with Gasteiger partial charge in [0.25, 0.3) is 0 Å². The first kappa shape index (κ1) is 17.7. The number of nitrogens with one attached hydrogen (secondary N) is 1. The molecular formula is C19H27NO3. The molecule has 1 aromatic rings. The first-order chi connectivity index (χ1) is 10.8. The predicted molar refractivity (Wildman–Crippen MR) is 90.6 cm³/mol. The van der Waals surface area contributed by atoms with Crippen LogP contribution in [0.3, 0.4) is 0 Å². The second-order valence-electron chi connectivity index (χ2n) is 7.31. The third-order valence-electron chi connectivity index (χ3n) is 4.75. The molecule has 0 aromatic heterocycles. The Morgan fingerprint density at radius 1 is 1.30 bits per heavy atom. The van der Waals surface area contributed by atoms with Gasteiger partial charge in [0.05, 0.1) is 18.7 Å². The second-order valence-corrected chi connectivity index (χ2v) is 7.31. The highest BCUT2D eigenvalue weighted by Gasteiger charge is 2.32. The van der Waals surface area contributed by atoms with Gasteiger partial charge in [-0.2, -0.15) is 0 Å². The van der Waals surface area contributed by atoms with Crippen LogP contribution in [0.5, 0.6) is 0 Å². The Kier molecular flexibility index (Phi) is 5.58. The topological polar surface area (TPSA) is 55.4 Å². The number of ether oxygens (including phenoxy) is 1. The Bertz CT molecular complexity index is 562. The Morgan fingerprint density at radius 2 is 1.96 bits per heavy atom. The molecule has 0 saturated carbocycles. The third-order valence-corrected chi connectivity index (χ3v) is 4.75. The molecule has 0 spiro atoms. The molecule has 1 aromatic carbocycles. The highest BCUT2D eigenvalue weighted by Crippen LogP contribution is 2.31. The van der Waals surface area contributed by atoms with Gasteiger partial charge in [0.1, 0.15) is 5.78 Å². The van der Waals surface area contributed by atoms with E-state index in [0.29, 0.717) is 12.0 Å². The van der Waals surface area contributed by atoms with Crippen molar-refractivity contribution in [2.24, 2.45) is 5.41 Å². The van der Waals surface area contributed by atoms with E-state index in [9.17, 15) is 9.59 Å². The number of ketones is 1. The molecule has 4 nitrogen and oxygen atoms in total. The van der Waals surface area contributed by atoms with E-state index in [4.69, 9.17) is 4.74 Å². The lowest BCUT2D eigenvalue weighted by atomic mass is 9.77. The zero-order valence-electron chi connectivity index (χ0n) is 14.5. The summed E-state index contributed by atoms with van der Waals surface area (Å²) in [4.78, 5) is 24.0. The Hall–Kier alpha value is -1.68. The summed E-state index contributed by atoms with van der Waals surface area (Å²) >= 11 is 0. The molecule has 1 saturated heterocycles. The van der Waals surface area contributed by atoms with Crippen molar-refractivity contribution in [2.75, 3.05) is 13.7 Å². The van der Waals surface area contributed by atoms with E-state index in [1.807, 2.05) is 12.1 Å². The van der Waals surface area contributed by atoms with Gasteiger partial charge in [0.2, 0.25) is 0 Å². The molecule has 4 heteroatoms. The molecular weight excluding hydrogens is 290 g/mol. The van der Waals surface area contributed by atoms with Crippen LogP contribution in [0.25, 0.3) is 0 Å². The van der Waals surface area contributed by atoms with E-state index >= 15 is 0 Å². The fourth-order valence-electron chi connectivity index (χ4n) is 3.17. The van der Waals surface area contributed by atoms with Crippen molar-refractivity contribution < 1.29 is 14.3 Å². The van der Waals surface area contributed by atoms with Crippen LogP contribution >= 0.6 is 0 Å². The predicted octanol–water partition coefficient (Wildman–Crippen LogP) is 3.31. The Morgan fingerprint density at radius 3 is 2.52 bits per heavy atom. The van der Waals surface area contributed by atoms with Gasteiger partial charge in [-0.15, -0.1) is 0 Å². The van der Waals surface area contributed by atoms with Crippen molar-refractivity contribution in [1.82, 2.24) is 5.32 Å². The lowest BCUT2D eigenvalue weighted by molar-refractivity contribution is -0.122. The number of methoxy groups -OCH3 is 1. The summed E-state index contributed by atoms with van der Waals surface area (Å²) in [5.74, 6) is 0.0808. The normalized spacial score (nSPS) is 21.5. The van der Waals surface area contributed by atoms with Crippen LogP contribution in [0.15, 0.2) is 24.3 Å². The SMILES string of the molecule is COC(=O)c1ccc([C@H](C)CC(=O)C2CC(C)(C)CCN2)cc1. The van der Waals surface area contributed by atoms with E-state index in [-0.39, 0.29) is 29.1 Å². The first-order valence-electron chi connectivity index (χ1n) is 8.27. The minimum absolute atomic E-state index is 0.0319. The van der Waals surface area contributed by atoms with Crippen LogP contribution < -0.4 is 5.32 Å². The van der Waals surface area contributed by atoms with Gasteiger partial charge in [-0.1, -0.05) is 32.9 Å². The average Bonchev–Trinajstić information content (AvgIpc) is 2.53. The van der Waals surface area contributed by atoms with Crippen LogP contribution in [-0.2, 0) is 9.53 Å². The molecule has 0 radical (unpaired) electrons. The Labute approximate surface area is 138 Å². The standard InChI is InChI=1S/C19H27NO3/c1-13(14-5-7-15(8-6-14)18(22)23-4)11-17(21)16-12-19(2,3)9-10-20-16/h5-8,13,16,20H,9-12H2,1-4H3/t13-,16?/m1/s1. The lowest BCUT2D eigenvalue weighted by Crippen LogP contribution is -2.46. The molecule has 2 atom stereocenters. The summed E-state index contributed by atoms with van der Waals surface area (Å²) in [5.41, 5.74) is 1.84. The zero-order chi connectivity index (χ0) is 17.0. The minimum atomic E-state index is -0.339. The highest BCUT2D eigenvalue weighted by atomic mass is 16.5. The molecule has 1 aliphatic heterocycles. The third kappa shape index (κ3) is 4.64. The molecule has 1 heterocycles. The van der Waals surface area contributed by atoms with Crippen molar-refractivity contribution in [2.45, 2.75) is 52.0 Å². The van der Waals surface area contributed by atoms with Crippen LogP contribution in [0.4, 0.5) is 0 Å². The van der Waals surface area contributed by atoms with Crippen molar-refractivity contribution in [3.05, 3.63) is 35.4 Å². The summed E-state index contributed by atoms with van der Waals surface area (Å²) in [6, 6.07) is 7.29. The molecule has 1 fully saturated rings. The summed E-state index contributed by atoms with van der Waals surface area (Å²) < 4.78 is 4.70. The van der Waals surface area contributed by atoms with Gasteiger partial charge in [0, 0.05) is 6.42 Å². The number of benzene rings is 1. The lowest BCUT2D eigenvalue weighted by Gasteiger charge is -2.35. The summed E-state index contributed by atoms with van der Waals surface area (Å²) in [6.07, 6.45) is 2.53. The van der Waals surface area contributed by atoms with E-state index < -0.39 is 0 Å². The number of esters is 1. The van der Waals surface area contributed by atoms with Crippen LogP contribution in [-0.4, -0.2) is 31.4 Å². The van der Waals surface area contributed by atoms with Gasteiger partial charge in [-0.05, 0) is 48.4 Å². The fourth-order valence-corrected chi connectivity index (χ4v) is 3.17. The van der Waals surface area contributed by atoms with Gasteiger partial charge in [-0.25, -0.2) is 4.79 Å². The number of rotatable bonds is 5. The largest absolute Gasteiger partial charge is 0.465 e. The number of Topliss-reactive ketones (excluding diaryl/α,β-unsaturated/α-hetero) is 1. The quantitative estimate of drug-likeness (QED) is 0.847. The molecule has 1 unspecified atom stereocenters. The molecule has 23 heavy (non-hydrogen) atoms. The molecule has 126 valence electrons. The maximum atomic E-state index is 12.6. The zero-order valence-corrected chi connectivity index (χ0v) is 14.5. The van der Waals surface area contributed by atoms with Gasteiger partial charge >= 0.3 is 5.97 Å². The molecule has 2 rings (SSSR count). The van der Waals surface area contributed by atoms with Crippen molar-refractivity contribution in [3.63, 3.8) is 0 Å². The van der Waals surface area contributed by atoms with Crippen molar-refractivity contribution >= 4 is 11.8 Å². The number of carbonyl (C=O) groups is 2. The summed E-state index contributed by atoms with van der Waals surface area (Å²) in [6.45, 7) is 7.41. The van der Waals surface area contributed by atoms with E-state index in [2.05, 4.69) is 26.1 Å². The van der Waals surface area contributed by atoms with Gasteiger partial charge in [-0.3, -0.25) is 4.79 Å². The molecule has 0 amide bonds. The van der Waals surface area contributed by atoms with E-state index in [0.717, 1.165) is 24.9 Å². The summed E-state index contributed by atoms with van der Waals surface area (Å²) in [5, 5.41) is 3.35. The maximum absolute atomic E-state index is 12.6. The van der Waals surface area contributed by atoms with E-state index in [1.165, 1.54) is 7.11 Å². The number of piperidine rings is 1. The number of hydrogen-bond acceptors (Lipinski definition) is 4. The summed E-state index contributed by atoms with van der Waals surface area (Å²) in [7, 11) is 1.37. The highest BCUT2D eigenvalue weighted by molar-refractivity contribution is 5.89. The average molecular weight is 317 g/mol. The number of hydrogen-bond donors (Lipinski definition) is 1.